The van der Waals surface area contributed by atoms with Crippen LogP contribution in [-0.2, 0) is 0 Å². The first-order valence-electron chi connectivity index (χ1n) is 8.88. The highest BCUT2D eigenvalue weighted by molar-refractivity contribution is 6.10. The number of carboxylic acid groups (broad SMARTS) is 1. The third-order valence-electron chi connectivity index (χ3n) is 4.67. The molecular formula is C20H22N3O4-. The highest BCUT2D eigenvalue weighted by atomic mass is 16.4. The van der Waals surface area contributed by atoms with Gasteiger partial charge in [0.25, 0.3) is 5.91 Å². The van der Waals surface area contributed by atoms with Gasteiger partial charge in [-0.1, -0.05) is 18.2 Å². The molecule has 0 bridgehead atoms. The number of aromatic carboxylic acids is 1. The van der Waals surface area contributed by atoms with Gasteiger partial charge in [0.1, 0.15) is 0 Å². The number of carbonyl (C=O) groups is 2. The number of amides is 1. The summed E-state index contributed by atoms with van der Waals surface area (Å²) in [6, 6.07) is 13.4. The van der Waals surface area contributed by atoms with Crippen LogP contribution in [0, 0.1) is 0 Å². The van der Waals surface area contributed by atoms with Crippen LogP contribution in [0.1, 0.15) is 20.7 Å². The van der Waals surface area contributed by atoms with E-state index < -0.39 is 11.9 Å². The molecule has 7 heteroatoms. The fourth-order valence-electron chi connectivity index (χ4n) is 3.18. The van der Waals surface area contributed by atoms with Crippen molar-refractivity contribution in [2.75, 3.05) is 49.5 Å². The number of nitrogens with zero attached hydrogens (tertiary/aromatic N) is 2. The van der Waals surface area contributed by atoms with E-state index >= 15 is 0 Å². The molecule has 142 valence electrons. The Morgan fingerprint density at radius 2 is 1.59 bits per heavy atom. The number of anilines is 2. The summed E-state index contributed by atoms with van der Waals surface area (Å²) >= 11 is 0. The van der Waals surface area contributed by atoms with Crippen molar-refractivity contribution in [3.8, 4) is 0 Å². The second kappa shape index (κ2) is 8.66. The molecule has 27 heavy (non-hydrogen) atoms. The Morgan fingerprint density at radius 1 is 0.963 bits per heavy atom. The number of hydrogen-bond acceptors (Lipinski definition) is 6. The standard InChI is InChI=1S/C20H23N3O4/c24-14-13-22-9-11-23(12-10-22)16-7-5-15(6-8-16)21-19(25)17-3-1-2-4-18(17)20(26)27/h1-8,24H,9-14H2,(H,21,25)(H,26,27)/p-1. The van der Waals surface area contributed by atoms with Gasteiger partial charge in [0.15, 0.2) is 0 Å². The zero-order valence-electron chi connectivity index (χ0n) is 14.9. The van der Waals surface area contributed by atoms with Crippen LogP contribution in [0.5, 0.6) is 0 Å². The molecule has 0 aromatic heterocycles. The van der Waals surface area contributed by atoms with Crippen molar-refractivity contribution in [1.82, 2.24) is 4.90 Å². The minimum Gasteiger partial charge on any atom is -0.545 e. The number of aliphatic hydroxyl groups is 1. The fourth-order valence-corrected chi connectivity index (χ4v) is 3.18. The molecule has 1 fully saturated rings. The molecule has 0 radical (unpaired) electrons. The number of aliphatic hydroxyl groups excluding tert-OH is 1. The van der Waals surface area contributed by atoms with Gasteiger partial charge >= 0.3 is 0 Å². The predicted molar refractivity (Wildman–Crippen MR) is 101 cm³/mol. The van der Waals surface area contributed by atoms with E-state index in [2.05, 4.69) is 15.1 Å². The molecule has 0 aliphatic carbocycles. The molecule has 1 saturated heterocycles. The quantitative estimate of drug-likeness (QED) is 0.767. The van der Waals surface area contributed by atoms with Gasteiger partial charge in [0.2, 0.25) is 0 Å². The van der Waals surface area contributed by atoms with Crippen LogP contribution in [0.2, 0.25) is 0 Å². The molecule has 7 nitrogen and oxygen atoms in total. The van der Waals surface area contributed by atoms with E-state index in [0.717, 1.165) is 31.9 Å². The predicted octanol–water partition coefficient (Wildman–Crippen LogP) is 0.417. The van der Waals surface area contributed by atoms with Crippen LogP contribution in [-0.4, -0.2) is 61.2 Å². The Morgan fingerprint density at radius 3 is 2.19 bits per heavy atom. The van der Waals surface area contributed by atoms with Gasteiger partial charge in [-0.05, 0) is 30.3 Å². The number of carboxylic acids is 1. The number of carbonyl (C=O) groups excluding carboxylic acids is 2. The van der Waals surface area contributed by atoms with Gasteiger partial charge in [-0.25, -0.2) is 0 Å². The molecule has 1 aliphatic rings. The Hall–Kier alpha value is -2.90. The van der Waals surface area contributed by atoms with E-state index in [0.29, 0.717) is 12.2 Å². The number of β-amino-alcohol motifs (C(OH)–C–C–N with tert-alkyl or cyclic N) is 1. The average molecular weight is 368 g/mol. The summed E-state index contributed by atoms with van der Waals surface area (Å²) in [5.41, 5.74) is 1.59. The third-order valence-corrected chi connectivity index (χ3v) is 4.67. The van der Waals surface area contributed by atoms with Crippen LogP contribution >= 0.6 is 0 Å². The fraction of sp³-hybridized carbons (Fsp3) is 0.300. The van der Waals surface area contributed by atoms with Crippen molar-refractivity contribution in [2.24, 2.45) is 0 Å². The summed E-state index contributed by atoms with van der Waals surface area (Å²) in [5, 5.41) is 22.9. The molecule has 2 aromatic carbocycles. The van der Waals surface area contributed by atoms with Crippen LogP contribution in [0.15, 0.2) is 48.5 Å². The van der Waals surface area contributed by atoms with Crippen molar-refractivity contribution < 1.29 is 19.8 Å². The maximum atomic E-state index is 12.4. The summed E-state index contributed by atoms with van der Waals surface area (Å²) < 4.78 is 0. The zero-order valence-corrected chi connectivity index (χ0v) is 14.9. The second-order valence-corrected chi connectivity index (χ2v) is 6.39. The summed E-state index contributed by atoms with van der Waals surface area (Å²) in [5.74, 6) is -1.86. The van der Waals surface area contributed by atoms with Gasteiger partial charge in [-0.2, -0.15) is 0 Å². The summed E-state index contributed by atoms with van der Waals surface area (Å²) in [7, 11) is 0. The number of hydrogen-bond donors (Lipinski definition) is 2. The van der Waals surface area contributed by atoms with Crippen molar-refractivity contribution >= 4 is 23.3 Å². The minimum absolute atomic E-state index is 0.0709. The van der Waals surface area contributed by atoms with Gasteiger partial charge in [-0.3, -0.25) is 9.69 Å². The lowest BCUT2D eigenvalue weighted by Crippen LogP contribution is -2.47. The van der Waals surface area contributed by atoms with Crippen LogP contribution < -0.4 is 15.3 Å². The highest BCUT2D eigenvalue weighted by Crippen LogP contribution is 2.20. The molecule has 0 atom stereocenters. The first-order valence-corrected chi connectivity index (χ1v) is 8.88. The molecule has 2 N–H and O–H groups in total. The van der Waals surface area contributed by atoms with Gasteiger partial charge in [0.05, 0.1) is 12.6 Å². The normalized spacial score (nSPS) is 14.8. The Labute approximate surface area is 157 Å². The molecule has 1 amide bonds. The van der Waals surface area contributed by atoms with Crippen LogP contribution in [0.4, 0.5) is 11.4 Å². The van der Waals surface area contributed by atoms with Gasteiger partial charge < -0.3 is 25.2 Å². The molecule has 3 rings (SSSR count). The first kappa shape index (κ1) is 18.9. The largest absolute Gasteiger partial charge is 0.545 e. The minimum atomic E-state index is -1.38. The lowest BCUT2D eigenvalue weighted by atomic mass is 10.1. The lowest BCUT2D eigenvalue weighted by Gasteiger charge is -2.35. The monoisotopic (exact) mass is 368 g/mol. The third kappa shape index (κ3) is 4.64. The molecule has 1 aliphatic heterocycles. The lowest BCUT2D eigenvalue weighted by molar-refractivity contribution is -0.255. The van der Waals surface area contributed by atoms with E-state index in [1.165, 1.54) is 12.1 Å². The smallest absolute Gasteiger partial charge is 0.256 e. The first-order chi connectivity index (χ1) is 13.1. The molecule has 2 aromatic rings. The number of rotatable bonds is 6. The zero-order chi connectivity index (χ0) is 19.2. The summed E-state index contributed by atoms with van der Waals surface area (Å²) in [6.45, 7) is 4.44. The average Bonchev–Trinajstić information content (AvgIpc) is 2.69. The maximum absolute atomic E-state index is 12.4. The highest BCUT2D eigenvalue weighted by Gasteiger charge is 2.17. The topological polar surface area (TPSA) is 95.9 Å². The van der Waals surface area contributed by atoms with E-state index in [-0.39, 0.29) is 17.7 Å². The van der Waals surface area contributed by atoms with Crippen molar-refractivity contribution in [2.45, 2.75) is 0 Å². The molecule has 0 spiro atoms. The van der Waals surface area contributed by atoms with E-state index in [4.69, 9.17) is 5.11 Å². The van der Waals surface area contributed by atoms with Crippen molar-refractivity contribution in [3.63, 3.8) is 0 Å². The molecular weight excluding hydrogens is 346 g/mol. The van der Waals surface area contributed by atoms with E-state index in [9.17, 15) is 14.7 Å². The summed E-state index contributed by atoms with van der Waals surface area (Å²) in [4.78, 5) is 28.0. The van der Waals surface area contributed by atoms with Gasteiger partial charge in [0, 0.05) is 55.2 Å². The maximum Gasteiger partial charge on any atom is 0.256 e. The van der Waals surface area contributed by atoms with Crippen LogP contribution in [0.3, 0.4) is 0 Å². The second-order valence-electron chi connectivity index (χ2n) is 6.39. The number of benzene rings is 2. The molecule has 0 unspecified atom stereocenters. The molecule has 0 saturated carbocycles. The Balaban J connectivity index is 1.63. The number of nitrogens with one attached hydrogen (secondary N) is 1. The van der Waals surface area contributed by atoms with E-state index in [1.54, 1.807) is 24.3 Å². The Bertz CT molecular complexity index is 799. The molecule has 1 heterocycles. The van der Waals surface area contributed by atoms with Crippen molar-refractivity contribution in [3.05, 3.63) is 59.7 Å². The Kier molecular flexibility index (Phi) is 6.05. The number of piperazine rings is 1. The van der Waals surface area contributed by atoms with Gasteiger partial charge in [-0.15, -0.1) is 0 Å². The van der Waals surface area contributed by atoms with E-state index in [1.807, 2.05) is 12.1 Å². The SMILES string of the molecule is O=C([O-])c1ccccc1C(=O)Nc1ccc(N2CCN(CCO)CC2)cc1. The summed E-state index contributed by atoms with van der Waals surface area (Å²) in [6.07, 6.45) is 0. The van der Waals surface area contributed by atoms with Crippen molar-refractivity contribution in [1.29, 1.82) is 0 Å². The van der Waals surface area contributed by atoms with Crippen LogP contribution in [0.25, 0.3) is 0 Å².